The van der Waals surface area contributed by atoms with Gasteiger partial charge >= 0.3 is 0 Å². The third-order valence-corrected chi connectivity index (χ3v) is 3.70. The Bertz CT molecular complexity index is 797. The lowest BCUT2D eigenvalue weighted by atomic mass is 10.2. The van der Waals surface area contributed by atoms with E-state index in [4.69, 9.17) is 0 Å². The quantitative estimate of drug-likeness (QED) is 0.774. The van der Waals surface area contributed by atoms with Crippen LogP contribution in [0.4, 0.5) is 5.82 Å². The van der Waals surface area contributed by atoms with E-state index in [1.165, 1.54) is 5.56 Å². The lowest BCUT2D eigenvalue weighted by molar-refractivity contribution is 0.799. The third kappa shape index (κ3) is 3.33. The number of benzene rings is 1. The summed E-state index contributed by atoms with van der Waals surface area (Å²) in [6.07, 6.45) is 3.43. The van der Waals surface area contributed by atoms with Crippen molar-refractivity contribution in [3.63, 3.8) is 0 Å². The second-order valence-corrected chi connectivity index (χ2v) is 6.00. The first-order valence-corrected chi connectivity index (χ1v) is 7.75. The van der Waals surface area contributed by atoms with Crippen molar-refractivity contribution < 1.29 is 0 Å². The molecule has 3 rings (SSSR count). The highest BCUT2D eigenvalue weighted by Gasteiger charge is 2.06. The molecule has 112 valence electrons. The smallest absolute Gasteiger partial charge is 0.174 e. The highest BCUT2D eigenvalue weighted by Crippen LogP contribution is 2.14. The van der Waals surface area contributed by atoms with E-state index >= 15 is 0 Å². The molecule has 0 saturated heterocycles. The van der Waals surface area contributed by atoms with E-state index in [0.29, 0.717) is 12.4 Å². The molecule has 0 aliphatic rings. The zero-order valence-corrected chi connectivity index (χ0v) is 14.0. The van der Waals surface area contributed by atoms with Gasteiger partial charge in [-0.1, -0.05) is 28.1 Å². The predicted molar refractivity (Wildman–Crippen MR) is 90.1 cm³/mol. The van der Waals surface area contributed by atoms with E-state index in [0.717, 1.165) is 21.7 Å². The number of nitrogens with one attached hydrogen (secondary N) is 1. The van der Waals surface area contributed by atoms with Crippen LogP contribution in [0.25, 0.3) is 5.82 Å². The SMILES string of the molecule is Cc1cc(C)n(-c2cncc(NCc3cccc(Br)c3)n2)n1. The Hall–Kier alpha value is -2.21. The van der Waals surface area contributed by atoms with E-state index in [1.807, 2.05) is 32.0 Å². The van der Waals surface area contributed by atoms with E-state index in [1.54, 1.807) is 17.1 Å². The Balaban J connectivity index is 1.78. The highest BCUT2D eigenvalue weighted by atomic mass is 79.9. The van der Waals surface area contributed by atoms with Gasteiger partial charge in [0, 0.05) is 16.7 Å². The zero-order chi connectivity index (χ0) is 15.5. The van der Waals surface area contributed by atoms with E-state index in [2.05, 4.69) is 48.4 Å². The van der Waals surface area contributed by atoms with Crippen LogP contribution >= 0.6 is 15.9 Å². The molecule has 0 unspecified atom stereocenters. The second-order valence-electron chi connectivity index (χ2n) is 5.08. The molecule has 1 N–H and O–H groups in total. The zero-order valence-electron chi connectivity index (χ0n) is 12.4. The maximum atomic E-state index is 4.57. The van der Waals surface area contributed by atoms with Crippen molar-refractivity contribution in [2.45, 2.75) is 20.4 Å². The molecule has 1 aromatic carbocycles. The van der Waals surface area contributed by atoms with Gasteiger partial charge in [-0.15, -0.1) is 0 Å². The van der Waals surface area contributed by atoms with Crippen LogP contribution in [0.2, 0.25) is 0 Å². The largest absolute Gasteiger partial charge is 0.365 e. The molecule has 2 heterocycles. The Morgan fingerprint density at radius 2 is 2.05 bits per heavy atom. The van der Waals surface area contributed by atoms with Crippen molar-refractivity contribution in [1.82, 2.24) is 19.7 Å². The van der Waals surface area contributed by atoms with Crippen molar-refractivity contribution in [1.29, 1.82) is 0 Å². The normalized spacial score (nSPS) is 10.7. The molecule has 0 aliphatic carbocycles. The van der Waals surface area contributed by atoms with Gasteiger partial charge in [0.25, 0.3) is 0 Å². The molecular weight excluding hydrogens is 342 g/mol. The molecule has 3 aromatic rings. The predicted octanol–water partition coefficient (Wildman–Crippen LogP) is 3.65. The van der Waals surface area contributed by atoms with E-state index < -0.39 is 0 Å². The number of hydrogen-bond acceptors (Lipinski definition) is 4. The van der Waals surface area contributed by atoms with Gasteiger partial charge in [-0.3, -0.25) is 4.98 Å². The fourth-order valence-electron chi connectivity index (χ4n) is 2.24. The van der Waals surface area contributed by atoms with E-state index in [-0.39, 0.29) is 0 Å². The standard InChI is InChI=1S/C16H16BrN5/c1-11-6-12(2)22(21-11)16-10-18-9-15(20-16)19-8-13-4-3-5-14(17)7-13/h3-7,9-10H,8H2,1-2H3,(H,19,20). The number of nitrogens with zero attached hydrogens (tertiary/aromatic N) is 4. The summed E-state index contributed by atoms with van der Waals surface area (Å²) in [7, 11) is 0. The first kappa shape index (κ1) is 14.7. The van der Waals surface area contributed by atoms with Gasteiger partial charge in [0.15, 0.2) is 5.82 Å². The topological polar surface area (TPSA) is 55.6 Å². The monoisotopic (exact) mass is 357 g/mol. The van der Waals surface area contributed by atoms with E-state index in [9.17, 15) is 0 Å². The maximum Gasteiger partial charge on any atom is 0.174 e. The third-order valence-electron chi connectivity index (χ3n) is 3.21. The van der Waals surface area contributed by atoms with Gasteiger partial charge in [0.1, 0.15) is 5.82 Å². The molecule has 0 atom stereocenters. The Kier molecular flexibility index (Phi) is 4.20. The molecule has 0 fully saturated rings. The fraction of sp³-hybridized carbons (Fsp3) is 0.188. The van der Waals surface area contributed by atoms with Gasteiger partial charge in [0.2, 0.25) is 0 Å². The molecule has 0 saturated carbocycles. The van der Waals surface area contributed by atoms with Crippen molar-refractivity contribution in [3.8, 4) is 5.82 Å². The Morgan fingerprint density at radius 3 is 2.77 bits per heavy atom. The van der Waals surface area contributed by atoms with Gasteiger partial charge < -0.3 is 5.32 Å². The van der Waals surface area contributed by atoms with Gasteiger partial charge in [-0.05, 0) is 37.6 Å². The van der Waals surface area contributed by atoms with Crippen LogP contribution in [0.1, 0.15) is 17.0 Å². The molecule has 6 heteroatoms. The van der Waals surface area contributed by atoms with Crippen molar-refractivity contribution in [2.75, 3.05) is 5.32 Å². The number of aryl methyl sites for hydroxylation is 2. The summed E-state index contributed by atoms with van der Waals surface area (Å²) in [5.74, 6) is 1.44. The van der Waals surface area contributed by atoms with Crippen LogP contribution in [0.3, 0.4) is 0 Å². The van der Waals surface area contributed by atoms with Gasteiger partial charge in [-0.25, -0.2) is 9.67 Å². The Morgan fingerprint density at radius 1 is 1.18 bits per heavy atom. The molecule has 22 heavy (non-hydrogen) atoms. The van der Waals surface area contributed by atoms with Crippen LogP contribution in [0.5, 0.6) is 0 Å². The minimum absolute atomic E-state index is 0.689. The van der Waals surface area contributed by atoms with Crippen LogP contribution in [-0.2, 0) is 6.54 Å². The molecule has 0 radical (unpaired) electrons. The first-order valence-electron chi connectivity index (χ1n) is 6.96. The molecule has 5 nitrogen and oxygen atoms in total. The molecular formula is C16H16BrN5. The number of halogens is 1. The molecule has 0 bridgehead atoms. The van der Waals surface area contributed by atoms with Crippen LogP contribution in [-0.4, -0.2) is 19.7 Å². The van der Waals surface area contributed by atoms with Crippen molar-refractivity contribution >= 4 is 21.7 Å². The lowest BCUT2D eigenvalue weighted by Gasteiger charge is -2.08. The van der Waals surface area contributed by atoms with Crippen molar-refractivity contribution in [3.05, 3.63) is 64.1 Å². The molecule has 0 aliphatic heterocycles. The number of rotatable bonds is 4. The summed E-state index contributed by atoms with van der Waals surface area (Å²) in [4.78, 5) is 8.82. The average molecular weight is 358 g/mol. The second kappa shape index (κ2) is 6.27. The summed E-state index contributed by atoms with van der Waals surface area (Å²) in [6, 6.07) is 10.2. The summed E-state index contributed by atoms with van der Waals surface area (Å²) in [5, 5.41) is 7.72. The molecule has 0 amide bonds. The first-order chi connectivity index (χ1) is 10.6. The minimum atomic E-state index is 0.689. The van der Waals surface area contributed by atoms with Gasteiger partial charge in [-0.2, -0.15) is 5.10 Å². The summed E-state index contributed by atoms with van der Waals surface area (Å²) >= 11 is 3.47. The molecule has 2 aromatic heterocycles. The summed E-state index contributed by atoms with van der Waals surface area (Å²) in [6.45, 7) is 4.66. The number of hydrogen-bond donors (Lipinski definition) is 1. The van der Waals surface area contributed by atoms with Crippen LogP contribution in [0.15, 0.2) is 47.2 Å². The average Bonchev–Trinajstić information content (AvgIpc) is 2.84. The van der Waals surface area contributed by atoms with Crippen LogP contribution < -0.4 is 5.32 Å². The summed E-state index contributed by atoms with van der Waals surface area (Å²) in [5.41, 5.74) is 3.18. The van der Waals surface area contributed by atoms with Crippen LogP contribution in [0, 0.1) is 13.8 Å². The number of anilines is 1. The lowest BCUT2D eigenvalue weighted by Crippen LogP contribution is -2.07. The minimum Gasteiger partial charge on any atom is -0.365 e. The number of aromatic nitrogens is 4. The highest BCUT2D eigenvalue weighted by molar-refractivity contribution is 9.10. The molecule has 0 spiro atoms. The Labute approximate surface area is 137 Å². The summed E-state index contributed by atoms with van der Waals surface area (Å²) < 4.78 is 2.86. The maximum absolute atomic E-state index is 4.57. The fourth-order valence-corrected chi connectivity index (χ4v) is 2.69. The van der Waals surface area contributed by atoms with Crippen molar-refractivity contribution in [2.24, 2.45) is 0 Å². The van der Waals surface area contributed by atoms with Gasteiger partial charge in [0.05, 0.1) is 18.1 Å².